The molecular weight excluding hydrogens is 302 g/mol. The minimum Gasteiger partial charge on any atom is -0.370 e. The van der Waals surface area contributed by atoms with E-state index in [1.165, 1.54) is 12.1 Å². The molecule has 0 aromatic heterocycles. The van der Waals surface area contributed by atoms with Crippen LogP contribution in [-0.2, 0) is 14.8 Å². The van der Waals surface area contributed by atoms with Crippen molar-refractivity contribution in [2.45, 2.75) is 18.7 Å². The van der Waals surface area contributed by atoms with Crippen LogP contribution in [0.1, 0.15) is 13.8 Å². The minimum atomic E-state index is -3.83. The number of nitrogens with two attached hydrogens (primary N) is 1. The highest BCUT2D eigenvalue weighted by molar-refractivity contribution is 7.89. The van der Waals surface area contributed by atoms with E-state index in [1.54, 1.807) is 6.07 Å². The highest BCUT2D eigenvalue weighted by atomic mass is 35.5. The fourth-order valence-electron chi connectivity index (χ4n) is 1.82. The normalized spacial score (nSPS) is 11.2. The minimum absolute atomic E-state index is 0.0571. The molecule has 20 heavy (non-hydrogen) atoms. The molecule has 0 spiro atoms. The third-order valence-corrected chi connectivity index (χ3v) is 3.95. The van der Waals surface area contributed by atoms with Crippen molar-refractivity contribution in [2.75, 3.05) is 29.2 Å². The molecule has 0 radical (unpaired) electrons. The van der Waals surface area contributed by atoms with Crippen LogP contribution in [0.4, 0.5) is 11.4 Å². The molecule has 0 aliphatic rings. The summed E-state index contributed by atoms with van der Waals surface area (Å²) in [6.45, 7) is 5.36. The van der Waals surface area contributed by atoms with Crippen molar-refractivity contribution in [1.29, 1.82) is 0 Å². The fourth-order valence-corrected chi connectivity index (χ4v) is 2.42. The number of benzene rings is 1. The van der Waals surface area contributed by atoms with Gasteiger partial charge in [-0.2, -0.15) is 0 Å². The molecule has 8 heteroatoms. The highest BCUT2D eigenvalue weighted by Gasteiger charge is 2.15. The van der Waals surface area contributed by atoms with E-state index in [2.05, 4.69) is 5.32 Å². The molecule has 1 aromatic rings. The molecule has 0 saturated carbocycles. The van der Waals surface area contributed by atoms with Crippen LogP contribution in [0.5, 0.6) is 0 Å². The summed E-state index contributed by atoms with van der Waals surface area (Å²) in [5, 5.41) is 7.69. The van der Waals surface area contributed by atoms with E-state index in [9.17, 15) is 13.2 Å². The summed E-state index contributed by atoms with van der Waals surface area (Å²) >= 11 is 5.46. The highest BCUT2D eigenvalue weighted by Crippen LogP contribution is 2.28. The van der Waals surface area contributed by atoms with Crippen LogP contribution in [0, 0.1) is 0 Å². The number of hydrogen-bond donors (Lipinski definition) is 2. The van der Waals surface area contributed by atoms with Crippen molar-refractivity contribution in [3.05, 3.63) is 18.2 Å². The third-order valence-electron chi connectivity index (χ3n) is 2.80. The quantitative estimate of drug-likeness (QED) is 0.774. The predicted molar refractivity (Wildman–Crippen MR) is 80.7 cm³/mol. The van der Waals surface area contributed by atoms with Gasteiger partial charge in [-0.15, -0.1) is 11.6 Å². The summed E-state index contributed by atoms with van der Waals surface area (Å²) in [4.78, 5) is 13.4. The second-order valence-corrected chi connectivity index (χ2v) is 5.91. The van der Waals surface area contributed by atoms with Gasteiger partial charge in [-0.1, -0.05) is 0 Å². The van der Waals surface area contributed by atoms with Crippen LogP contribution in [0.15, 0.2) is 23.1 Å². The Hall–Kier alpha value is -1.31. The molecule has 0 aliphatic carbocycles. The zero-order valence-corrected chi connectivity index (χ0v) is 13.0. The molecule has 1 amide bonds. The van der Waals surface area contributed by atoms with Crippen molar-refractivity contribution in [1.82, 2.24) is 0 Å². The molecule has 0 bridgehead atoms. The Bertz CT molecular complexity index is 586. The summed E-state index contributed by atoms with van der Waals surface area (Å²) in [5.74, 6) is -0.622. The van der Waals surface area contributed by atoms with E-state index >= 15 is 0 Å². The van der Waals surface area contributed by atoms with Crippen LogP contribution >= 0.6 is 11.6 Å². The van der Waals surface area contributed by atoms with Crippen LogP contribution < -0.4 is 15.4 Å². The molecule has 0 heterocycles. The first kappa shape index (κ1) is 16.7. The molecule has 112 valence electrons. The molecular formula is C12H18ClN3O3S. The van der Waals surface area contributed by atoms with Gasteiger partial charge in [0.05, 0.1) is 16.3 Å². The fraction of sp³-hybridized carbons (Fsp3) is 0.417. The van der Waals surface area contributed by atoms with E-state index in [-0.39, 0.29) is 10.8 Å². The van der Waals surface area contributed by atoms with E-state index in [4.69, 9.17) is 16.7 Å². The Labute approximate surface area is 123 Å². The number of alkyl halides is 1. The Morgan fingerprint density at radius 1 is 1.35 bits per heavy atom. The van der Waals surface area contributed by atoms with E-state index < -0.39 is 15.9 Å². The Balaban J connectivity index is 3.33. The lowest BCUT2D eigenvalue weighted by Gasteiger charge is -2.24. The van der Waals surface area contributed by atoms with Gasteiger partial charge in [0.2, 0.25) is 15.9 Å². The number of amides is 1. The van der Waals surface area contributed by atoms with Crippen LogP contribution in [0.2, 0.25) is 0 Å². The average molecular weight is 320 g/mol. The summed E-state index contributed by atoms with van der Waals surface area (Å²) in [5.41, 5.74) is 1.10. The van der Waals surface area contributed by atoms with Gasteiger partial charge in [0.1, 0.15) is 5.88 Å². The molecule has 0 aliphatic heterocycles. The molecule has 3 N–H and O–H groups in total. The van der Waals surface area contributed by atoms with E-state index in [0.29, 0.717) is 5.69 Å². The predicted octanol–water partition coefficient (Wildman–Crippen LogP) is 1.36. The number of halogens is 1. The van der Waals surface area contributed by atoms with Crippen molar-refractivity contribution >= 4 is 38.9 Å². The largest absolute Gasteiger partial charge is 0.370 e. The lowest BCUT2D eigenvalue weighted by Crippen LogP contribution is -2.25. The molecule has 0 saturated heterocycles. The maximum absolute atomic E-state index is 11.5. The second-order valence-electron chi connectivity index (χ2n) is 4.08. The first-order chi connectivity index (χ1) is 9.33. The number of sulfonamides is 1. The summed E-state index contributed by atoms with van der Waals surface area (Å²) in [6, 6.07) is 4.38. The van der Waals surface area contributed by atoms with Gasteiger partial charge in [0.25, 0.3) is 0 Å². The molecule has 1 aromatic carbocycles. The summed E-state index contributed by atoms with van der Waals surface area (Å²) in [7, 11) is -3.83. The topological polar surface area (TPSA) is 92.5 Å². The molecule has 0 unspecified atom stereocenters. The number of carbonyl (C=O) groups is 1. The van der Waals surface area contributed by atoms with Crippen LogP contribution in [-0.4, -0.2) is 33.3 Å². The number of anilines is 2. The summed E-state index contributed by atoms with van der Waals surface area (Å²) in [6.07, 6.45) is 0. The number of carbonyl (C=O) groups excluding carboxylic acids is 1. The van der Waals surface area contributed by atoms with Crippen LogP contribution in [0.3, 0.4) is 0 Å². The van der Waals surface area contributed by atoms with Crippen molar-refractivity contribution in [3.8, 4) is 0 Å². The van der Waals surface area contributed by atoms with Crippen molar-refractivity contribution in [2.24, 2.45) is 5.14 Å². The number of primary sulfonamides is 1. The lowest BCUT2D eigenvalue weighted by atomic mass is 10.2. The van der Waals surface area contributed by atoms with Gasteiger partial charge < -0.3 is 10.2 Å². The monoisotopic (exact) mass is 319 g/mol. The Morgan fingerprint density at radius 3 is 2.40 bits per heavy atom. The standard InChI is InChI=1S/C12H18ClN3O3S/c1-3-16(4-2)11-6-5-9(20(14,18)19)7-10(11)15-12(17)8-13/h5-7H,3-4,8H2,1-2H3,(H,15,17)(H2,14,18,19). The van der Waals surface area contributed by atoms with Crippen molar-refractivity contribution in [3.63, 3.8) is 0 Å². The van der Waals surface area contributed by atoms with Gasteiger partial charge in [0.15, 0.2) is 0 Å². The van der Waals surface area contributed by atoms with Gasteiger partial charge in [-0.25, -0.2) is 13.6 Å². The second kappa shape index (κ2) is 6.92. The van der Waals surface area contributed by atoms with Crippen LogP contribution in [0.25, 0.3) is 0 Å². The van der Waals surface area contributed by atoms with Crippen molar-refractivity contribution < 1.29 is 13.2 Å². The first-order valence-electron chi connectivity index (χ1n) is 6.11. The van der Waals surface area contributed by atoms with Gasteiger partial charge in [-0.3, -0.25) is 4.79 Å². The smallest absolute Gasteiger partial charge is 0.239 e. The molecule has 0 atom stereocenters. The number of nitrogens with one attached hydrogen (secondary N) is 1. The maximum atomic E-state index is 11.5. The first-order valence-corrected chi connectivity index (χ1v) is 8.19. The lowest BCUT2D eigenvalue weighted by molar-refractivity contribution is -0.113. The average Bonchev–Trinajstić information content (AvgIpc) is 2.40. The van der Waals surface area contributed by atoms with Gasteiger partial charge >= 0.3 is 0 Å². The van der Waals surface area contributed by atoms with Gasteiger partial charge in [0, 0.05) is 13.1 Å². The SMILES string of the molecule is CCN(CC)c1ccc(S(N)(=O)=O)cc1NC(=O)CCl. The molecule has 0 fully saturated rings. The number of nitrogens with zero attached hydrogens (tertiary/aromatic N) is 1. The zero-order valence-electron chi connectivity index (χ0n) is 11.4. The summed E-state index contributed by atoms with van der Waals surface area (Å²) < 4.78 is 22.8. The van der Waals surface area contributed by atoms with E-state index in [1.807, 2.05) is 18.7 Å². The Kier molecular flexibility index (Phi) is 5.79. The number of hydrogen-bond acceptors (Lipinski definition) is 4. The third kappa shape index (κ3) is 4.09. The Morgan fingerprint density at radius 2 is 1.95 bits per heavy atom. The van der Waals surface area contributed by atoms with E-state index in [0.717, 1.165) is 18.8 Å². The zero-order chi connectivity index (χ0) is 15.3. The van der Waals surface area contributed by atoms with Gasteiger partial charge in [-0.05, 0) is 32.0 Å². The number of rotatable bonds is 6. The molecule has 6 nitrogen and oxygen atoms in total. The maximum Gasteiger partial charge on any atom is 0.239 e. The molecule has 1 rings (SSSR count).